The van der Waals surface area contributed by atoms with Crippen molar-refractivity contribution in [2.75, 3.05) is 0 Å². The van der Waals surface area contributed by atoms with Gasteiger partial charge in [-0.15, -0.1) is 11.3 Å². The summed E-state index contributed by atoms with van der Waals surface area (Å²) in [5.74, 6) is 0.760. The molecular formula is C18H24N2S. The summed E-state index contributed by atoms with van der Waals surface area (Å²) < 4.78 is 0. The summed E-state index contributed by atoms with van der Waals surface area (Å²) in [6.45, 7) is 3.13. The second kappa shape index (κ2) is 7.19. The molecule has 0 spiro atoms. The van der Waals surface area contributed by atoms with E-state index in [0.717, 1.165) is 18.9 Å². The van der Waals surface area contributed by atoms with Crippen molar-refractivity contribution in [1.82, 2.24) is 10.3 Å². The standard InChI is InChI=1S/C18H24N2S/c1-2-17-12-20-18(21-17)13-19-16-10-8-15(9-11-16)14-6-4-3-5-7-14/h3-7,12,15-16,19H,2,8-11,13H2,1H3. The van der Waals surface area contributed by atoms with Crippen LogP contribution in [0, 0.1) is 0 Å². The number of thiazole rings is 1. The average Bonchev–Trinajstić information content (AvgIpc) is 3.02. The molecule has 0 saturated heterocycles. The Morgan fingerprint density at radius 3 is 2.57 bits per heavy atom. The van der Waals surface area contributed by atoms with Crippen LogP contribution in [0.2, 0.25) is 0 Å². The van der Waals surface area contributed by atoms with Crippen LogP contribution in [0.3, 0.4) is 0 Å². The highest BCUT2D eigenvalue weighted by Crippen LogP contribution is 2.32. The third-order valence-electron chi connectivity index (χ3n) is 4.49. The molecule has 0 amide bonds. The van der Waals surface area contributed by atoms with Gasteiger partial charge < -0.3 is 5.32 Å². The van der Waals surface area contributed by atoms with Gasteiger partial charge in [-0.1, -0.05) is 37.3 Å². The van der Waals surface area contributed by atoms with Crippen molar-refractivity contribution in [2.45, 2.75) is 57.5 Å². The van der Waals surface area contributed by atoms with E-state index in [2.05, 4.69) is 47.6 Å². The van der Waals surface area contributed by atoms with Gasteiger partial charge in [0.2, 0.25) is 0 Å². The lowest BCUT2D eigenvalue weighted by Crippen LogP contribution is -2.32. The summed E-state index contributed by atoms with van der Waals surface area (Å²) in [5, 5.41) is 4.93. The van der Waals surface area contributed by atoms with E-state index in [1.54, 1.807) is 0 Å². The molecular weight excluding hydrogens is 276 g/mol. The Labute approximate surface area is 131 Å². The third kappa shape index (κ3) is 3.92. The summed E-state index contributed by atoms with van der Waals surface area (Å²) in [7, 11) is 0. The Morgan fingerprint density at radius 1 is 1.14 bits per heavy atom. The molecule has 3 heteroatoms. The summed E-state index contributed by atoms with van der Waals surface area (Å²) in [6.07, 6.45) is 8.30. The Bertz CT molecular complexity index is 541. The first kappa shape index (κ1) is 14.7. The lowest BCUT2D eigenvalue weighted by atomic mass is 9.82. The number of nitrogens with one attached hydrogen (secondary N) is 1. The van der Waals surface area contributed by atoms with Gasteiger partial charge in [-0.05, 0) is 43.6 Å². The van der Waals surface area contributed by atoms with Crippen LogP contribution in [0.5, 0.6) is 0 Å². The minimum Gasteiger partial charge on any atom is -0.308 e. The molecule has 0 radical (unpaired) electrons. The lowest BCUT2D eigenvalue weighted by molar-refractivity contribution is 0.341. The number of benzene rings is 1. The van der Waals surface area contributed by atoms with Crippen molar-refractivity contribution < 1.29 is 0 Å². The van der Waals surface area contributed by atoms with E-state index in [0.29, 0.717) is 6.04 Å². The van der Waals surface area contributed by atoms with E-state index in [-0.39, 0.29) is 0 Å². The molecule has 1 N–H and O–H groups in total. The van der Waals surface area contributed by atoms with Gasteiger partial charge in [-0.3, -0.25) is 0 Å². The Balaban J connectivity index is 1.45. The summed E-state index contributed by atoms with van der Waals surface area (Å²) >= 11 is 1.85. The number of hydrogen-bond acceptors (Lipinski definition) is 3. The lowest BCUT2D eigenvalue weighted by Gasteiger charge is -2.29. The van der Waals surface area contributed by atoms with E-state index in [4.69, 9.17) is 0 Å². The molecule has 2 nitrogen and oxygen atoms in total. The van der Waals surface area contributed by atoms with E-state index in [1.165, 1.54) is 41.1 Å². The molecule has 0 atom stereocenters. The monoisotopic (exact) mass is 300 g/mol. The van der Waals surface area contributed by atoms with Crippen LogP contribution >= 0.6 is 11.3 Å². The van der Waals surface area contributed by atoms with Crippen LogP contribution in [-0.2, 0) is 13.0 Å². The van der Waals surface area contributed by atoms with Crippen LogP contribution in [-0.4, -0.2) is 11.0 Å². The predicted molar refractivity (Wildman–Crippen MR) is 89.8 cm³/mol. The zero-order valence-electron chi connectivity index (χ0n) is 12.7. The molecule has 3 rings (SSSR count). The minimum absolute atomic E-state index is 0.666. The smallest absolute Gasteiger partial charge is 0.107 e. The fourth-order valence-corrected chi connectivity index (χ4v) is 3.99. The van der Waals surface area contributed by atoms with Gasteiger partial charge >= 0.3 is 0 Å². The third-order valence-corrected chi connectivity index (χ3v) is 5.63. The number of rotatable bonds is 5. The molecule has 2 aromatic rings. The van der Waals surface area contributed by atoms with Crippen molar-refractivity contribution in [2.24, 2.45) is 0 Å². The SMILES string of the molecule is CCc1cnc(CNC2CCC(c3ccccc3)CC2)s1. The Kier molecular flexibility index (Phi) is 5.04. The number of aromatic nitrogens is 1. The first-order chi connectivity index (χ1) is 10.3. The van der Waals surface area contributed by atoms with Gasteiger partial charge in [-0.2, -0.15) is 0 Å². The van der Waals surface area contributed by atoms with Crippen molar-refractivity contribution in [3.05, 3.63) is 52.0 Å². The van der Waals surface area contributed by atoms with E-state index < -0.39 is 0 Å². The topological polar surface area (TPSA) is 24.9 Å². The molecule has 21 heavy (non-hydrogen) atoms. The fourth-order valence-electron chi connectivity index (χ4n) is 3.18. The summed E-state index contributed by atoms with van der Waals surface area (Å²) in [5.41, 5.74) is 1.52. The second-order valence-corrected chi connectivity index (χ2v) is 7.11. The molecule has 0 unspecified atom stereocenters. The second-order valence-electron chi connectivity index (χ2n) is 5.91. The molecule has 1 fully saturated rings. The average molecular weight is 300 g/mol. The number of hydrogen-bond donors (Lipinski definition) is 1. The Morgan fingerprint density at radius 2 is 1.90 bits per heavy atom. The molecule has 0 aliphatic heterocycles. The van der Waals surface area contributed by atoms with Gasteiger partial charge in [0, 0.05) is 23.7 Å². The molecule has 112 valence electrons. The van der Waals surface area contributed by atoms with Crippen molar-refractivity contribution >= 4 is 11.3 Å². The van der Waals surface area contributed by atoms with Crippen LogP contribution in [0.25, 0.3) is 0 Å². The molecule has 1 heterocycles. The minimum atomic E-state index is 0.666. The highest BCUT2D eigenvalue weighted by Gasteiger charge is 2.21. The first-order valence-corrected chi connectivity index (χ1v) is 8.88. The quantitative estimate of drug-likeness (QED) is 0.878. The maximum atomic E-state index is 4.49. The zero-order valence-corrected chi connectivity index (χ0v) is 13.5. The van der Waals surface area contributed by atoms with Crippen LogP contribution in [0.15, 0.2) is 36.5 Å². The van der Waals surface area contributed by atoms with Crippen molar-refractivity contribution in [1.29, 1.82) is 0 Å². The maximum absolute atomic E-state index is 4.49. The number of nitrogens with zero attached hydrogens (tertiary/aromatic N) is 1. The molecule has 1 aliphatic carbocycles. The fraction of sp³-hybridized carbons (Fsp3) is 0.500. The zero-order chi connectivity index (χ0) is 14.5. The van der Waals surface area contributed by atoms with Gasteiger partial charge in [0.1, 0.15) is 5.01 Å². The summed E-state index contributed by atoms with van der Waals surface area (Å²) in [4.78, 5) is 5.88. The number of aryl methyl sites for hydroxylation is 1. The molecule has 1 aliphatic rings. The largest absolute Gasteiger partial charge is 0.308 e. The molecule has 1 saturated carbocycles. The van der Waals surface area contributed by atoms with E-state index in [9.17, 15) is 0 Å². The van der Waals surface area contributed by atoms with Crippen LogP contribution in [0.1, 0.15) is 54.0 Å². The molecule has 0 bridgehead atoms. The normalized spacial score (nSPS) is 22.3. The summed E-state index contributed by atoms with van der Waals surface area (Å²) in [6, 6.07) is 11.6. The van der Waals surface area contributed by atoms with Gasteiger partial charge in [0.25, 0.3) is 0 Å². The van der Waals surface area contributed by atoms with Gasteiger partial charge in [0.05, 0.1) is 0 Å². The van der Waals surface area contributed by atoms with Gasteiger partial charge in [-0.25, -0.2) is 4.98 Å². The van der Waals surface area contributed by atoms with E-state index in [1.807, 2.05) is 17.5 Å². The predicted octanol–water partition coefficient (Wildman–Crippen LogP) is 4.52. The van der Waals surface area contributed by atoms with Crippen LogP contribution in [0.4, 0.5) is 0 Å². The van der Waals surface area contributed by atoms with E-state index >= 15 is 0 Å². The highest BCUT2D eigenvalue weighted by molar-refractivity contribution is 7.11. The Hall–Kier alpha value is -1.19. The highest BCUT2D eigenvalue weighted by atomic mass is 32.1. The molecule has 1 aromatic heterocycles. The van der Waals surface area contributed by atoms with Crippen LogP contribution < -0.4 is 5.32 Å². The van der Waals surface area contributed by atoms with Crippen molar-refractivity contribution in [3.8, 4) is 0 Å². The van der Waals surface area contributed by atoms with Crippen molar-refractivity contribution in [3.63, 3.8) is 0 Å². The first-order valence-electron chi connectivity index (χ1n) is 8.07. The van der Waals surface area contributed by atoms with Gasteiger partial charge in [0.15, 0.2) is 0 Å². The molecule has 1 aromatic carbocycles. The maximum Gasteiger partial charge on any atom is 0.107 e.